The molecule has 0 saturated heterocycles. The zero-order valence-electron chi connectivity index (χ0n) is 10.6. The van der Waals surface area contributed by atoms with E-state index >= 15 is 0 Å². The lowest BCUT2D eigenvalue weighted by Gasteiger charge is -2.33. The van der Waals surface area contributed by atoms with Crippen molar-refractivity contribution in [3.05, 3.63) is 42.0 Å². The molecule has 0 heterocycles. The maximum atomic E-state index is 11.8. The minimum atomic E-state index is -0.544. The van der Waals surface area contributed by atoms with Crippen LogP contribution in [0.1, 0.15) is 19.4 Å². The first kappa shape index (κ1) is 13.5. The largest absolute Gasteiger partial charge is 0.394 e. The van der Waals surface area contributed by atoms with E-state index in [1.54, 1.807) is 13.1 Å². The van der Waals surface area contributed by atoms with E-state index in [9.17, 15) is 9.90 Å². The van der Waals surface area contributed by atoms with Gasteiger partial charge in [0.25, 0.3) is 0 Å². The van der Waals surface area contributed by atoms with E-state index in [0.29, 0.717) is 0 Å². The average molecular weight is 233 g/mol. The zero-order valence-corrected chi connectivity index (χ0v) is 10.6. The molecule has 0 fully saturated rings. The molecule has 1 rings (SSSR count). The highest BCUT2D eigenvalue weighted by molar-refractivity contribution is 5.92. The predicted molar refractivity (Wildman–Crippen MR) is 69.4 cm³/mol. The number of benzene rings is 1. The first-order chi connectivity index (χ1) is 7.97. The molecule has 92 valence electrons. The topological polar surface area (TPSA) is 40.5 Å². The molecule has 0 atom stereocenters. The lowest BCUT2D eigenvalue weighted by atomic mass is 10.1. The third-order valence-corrected chi connectivity index (χ3v) is 2.84. The van der Waals surface area contributed by atoms with Crippen LogP contribution in [0.2, 0.25) is 0 Å². The monoisotopic (exact) mass is 233 g/mol. The smallest absolute Gasteiger partial charge is 0.246 e. The number of likely N-dealkylation sites (N-methyl/N-ethyl adjacent to an activating group) is 1. The van der Waals surface area contributed by atoms with Gasteiger partial charge < -0.3 is 10.0 Å². The van der Waals surface area contributed by atoms with Crippen molar-refractivity contribution in [1.29, 1.82) is 0 Å². The van der Waals surface area contributed by atoms with Gasteiger partial charge in [-0.15, -0.1) is 0 Å². The second-order valence-corrected chi connectivity index (χ2v) is 4.61. The molecule has 1 N–H and O–H groups in total. The molecule has 1 amide bonds. The highest BCUT2D eigenvalue weighted by Gasteiger charge is 2.25. The molecule has 0 bridgehead atoms. The summed E-state index contributed by atoms with van der Waals surface area (Å²) in [6.45, 7) is 3.58. The third-order valence-electron chi connectivity index (χ3n) is 2.84. The van der Waals surface area contributed by atoms with Crippen LogP contribution in [-0.4, -0.2) is 35.1 Å². The molecule has 3 heteroatoms. The number of rotatable bonds is 4. The van der Waals surface area contributed by atoms with Gasteiger partial charge in [0.15, 0.2) is 0 Å². The Hall–Kier alpha value is -1.61. The first-order valence-electron chi connectivity index (χ1n) is 5.59. The Bertz CT molecular complexity index is 396. The maximum absolute atomic E-state index is 11.8. The fourth-order valence-electron chi connectivity index (χ4n) is 1.25. The van der Waals surface area contributed by atoms with Crippen molar-refractivity contribution in [2.45, 2.75) is 19.4 Å². The Morgan fingerprint density at radius 3 is 2.47 bits per heavy atom. The van der Waals surface area contributed by atoms with E-state index in [4.69, 9.17) is 0 Å². The number of carbonyl (C=O) groups is 1. The van der Waals surface area contributed by atoms with Crippen LogP contribution < -0.4 is 0 Å². The van der Waals surface area contributed by atoms with E-state index in [0.717, 1.165) is 5.56 Å². The minimum absolute atomic E-state index is 0.0611. The first-order valence-corrected chi connectivity index (χ1v) is 5.59. The van der Waals surface area contributed by atoms with Crippen LogP contribution in [0.15, 0.2) is 36.4 Å². The zero-order chi connectivity index (χ0) is 12.9. The van der Waals surface area contributed by atoms with Crippen molar-refractivity contribution < 1.29 is 9.90 Å². The number of amides is 1. The molecule has 1 aromatic carbocycles. The van der Waals surface area contributed by atoms with Crippen molar-refractivity contribution in [1.82, 2.24) is 4.90 Å². The van der Waals surface area contributed by atoms with Crippen LogP contribution in [0.3, 0.4) is 0 Å². The summed E-state index contributed by atoms with van der Waals surface area (Å²) in [5.41, 5.74) is 0.439. The summed E-state index contributed by atoms with van der Waals surface area (Å²) < 4.78 is 0. The highest BCUT2D eigenvalue weighted by Crippen LogP contribution is 2.12. The number of carbonyl (C=O) groups excluding carboxylic acids is 1. The molecule has 0 aliphatic carbocycles. The van der Waals surface area contributed by atoms with Crippen LogP contribution in [0.25, 0.3) is 6.08 Å². The van der Waals surface area contributed by atoms with Crippen LogP contribution in [0.4, 0.5) is 0 Å². The molecule has 0 aromatic heterocycles. The van der Waals surface area contributed by atoms with E-state index in [-0.39, 0.29) is 12.5 Å². The van der Waals surface area contributed by atoms with Crippen molar-refractivity contribution in [2.75, 3.05) is 13.7 Å². The maximum Gasteiger partial charge on any atom is 0.246 e. The molecule has 1 aromatic rings. The standard InChI is InChI=1S/C14H19NO2/c1-14(2,11-16)15(3)13(17)10-9-12-7-5-4-6-8-12/h4-10,16H,11H2,1-3H3/b10-9+. The molecule has 0 saturated carbocycles. The molecular formula is C14H19NO2. The molecule has 3 nitrogen and oxygen atoms in total. The number of nitrogens with zero attached hydrogens (tertiary/aromatic N) is 1. The average Bonchev–Trinajstić information content (AvgIpc) is 2.36. The fraction of sp³-hybridized carbons (Fsp3) is 0.357. The number of hydrogen-bond acceptors (Lipinski definition) is 2. The molecule has 0 radical (unpaired) electrons. The number of aliphatic hydroxyl groups is 1. The van der Waals surface area contributed by atoms with E-state index < -0.39 is 5.54 Å². The van der Waals surface area contributed by atoms with Gasteiger partial charge in [0.1, 0.15) is 0 Å². The van der Waals surface area contributed by atoms with Gasteiger partial charge in [0.2, 0.25) is 5.91 Å². The van der Waals surface area contributed by atoms with E-state index in [1.165, 1.54) is 11.0 Å². The lowest BCUT2D eigenvalue weighted by Crippen LogP contribution is -2.47. The van der Waals surface area contributed by atoms with Gasteiger partial charge in [-0.2, -0.15) is 0 Å². The predicted octanol–water partition coefficient (Wildman–Crippen LogP) is 1.93. The van der Waals surface area contributed by atoms with Gasteiger partial charge in [-0.05, 0) is 25.5 Å². The van der Waals surface area contributed by atoms with Crippen LogP contribution in [-0.2, 0) is 4.79 Å². The Balaban J connectivity index is 2.70. The van der Waals surface area contributed by atoms with Gasteiger partial charge in [-0.25, -0.2) is 0 Å². The summed E-state index contributed by atoms with van der Waals surface area (Å²) in [6.07, 6.45) is 3.29. The molecular weight excluding hydrogens is 214 g/mol. The molecule has 0 spiro atoms. The summed E-state index contributed by atoms with van der Waals surface area (Å²) in [7, 11) is 1.69. The fourth-order valence-corrected chi connectivity index (χ4v) is 1.25. The van der Waals surface area contributed by atoms with Crippen molar-refractivity contribution in [2.24, 2.45) is 0 Å². The summed E-state index contributed by atoms with van der Waals surface area (Å²) in [6, 6.07) is 9.64. The van der Waals surface area contributed by atoms with E-state index in [2.05, 4.69) is 0 Å². The minimum Gasteiger partial charge on any atom is -0.394 e. The highest BCUT2D eigenvalue weighted by atomic mass is 16.3. The summed E-state index contributed by atoms with van der Waals surface area (Å²) in [5.74, 6) is -0.118. The van der Waals surface area contributed by atoms with Crippen molar-refractivity contribution >= 4 is 12.0 Å². The number of hydrogen-bond donors (Lipinski definition) is 1. The van der Waals surface area contributed by atoms with Gasteiger partial charge in [0.05, 0.1) is 12.1 Å². The van der Waals surface area contributed by atoms with Gasteiger partial charge in [0, 0.05) is 13.1 Å². The quantitative estimate of drug-likeness (QED) is 0.807. The summed E-state index contributed by atoms with van der Waals surface area (Å²) >= 11 is 0. The summed E-state index contributed by atoms with van der Waals surface area (Å²) in [5, 5.41) is 9.18. The van der Waals surface area contributed by atoms with Gasteiger partial charge in [-0.1, -0.05) is 30.3 Å². The van der Waals surface area contributed by atoms with Crippen LogP contribution in [0, 0.1) is 0 Å². The molecule has 17 heavy (non-hydrogen) atoms. The van der Waals surface area contributed by atoms with Gasteiger partial charge in [-0.3, -0.25) is 4.79 Å². The Labute approximate surface area is 102 Å². The second-order valence-electron chi connectivity index (χ2n) is 4.61. The Kier molecular flexibility index (Phi) is 4.46. The SMILES string of the molecule is CN(C(=O)/C=C/c1ccccc1)C(C)(C)CO. The molecule has 0 aliphatic rings. The Morgan fingerprint density at radius 2 is 1.94 bits per heavy atom. The number of aliphatic hydroxyl groups excluding tert-OH is 1. The van der Waals surface area contributed by atoms with Crippen molar-refractivity contribution in [3.63, 3.8) is 0 Å². The van der Waals surface area contributed by atoms with Gasteiger partial charge >= 0.3 is 0 Å². The molecule has 0 aliphatic heterocycles. The third kappa shape index (κ3) is 3.71. The lowest BCUT2D eigenvalue weighted by molar-refractivity contribution is -0.130. The second kappa shape index (κ2) is 5.64. The van der Waals surface area contributed by atoms with E-state index in [1.807, 2.05) is 44.2 Å². The Morgan fingerprint density at radius 1 is 1.35 bits per heavy atom. The van der Waals surface area contributed by atoms with Crippen molar-refractivity contribution in [3.8, 4) is 0 Å². The normalized spacial score (nSPS) is 11.8. The van der Waals surface area contributed by atoms with Crippen LogP contribution >= 0.6 is 0 Å². The van der Waals surface area contributed by atoms with Crippen LogP contribution in [0.5, 0.6) is 0 Å². The molecule has 0 unspecified atom stereocenters. The summed E-state index contributed by atoms with van der Waals surface area (Å²) in [4.78, 5) is 13.4.